The monoisotopic (exact) mass is 427 g/mol. The van der Waals surface area contributed by atoms with Crippen molar-refractivity contribution in [1.82, 2.24) is 0 Å². The van der Waals surface area contributed by atoms with Crippen molar-refractivity contribution < 1.29 is 23.5 Å². The van der Waals surface area contributed by atoms with E-state index in [1.807, 2.05) is 32.0 Å². The molecule has 0 amide bonds. The number of esters is 1. The lowest BCUT2D eigenvalue weighted by Gasteiger charge is -2.15. The summed E-state index contributed by atoms with van der Waals surface area (Å²) in [6, 6.07) is 13.4. The summed E-state index contributed by atoms with van der Waals surface area (Å²) in [5, 5.41) is 4.04. The van der Waals surface area contributed by atoms with E-state index in [0.29, 0.717) is 17.9 Å². The zero-order valence-electron chi connectivity index (χ0n) is 18.7. The van der Waals surface area contributed by atoms with E-state index in [2.05, 4.69) is 25.9 Å². The summed E-state index contributed by atoms with van der Waals surface area (Å²) in [4.78, 5) is 18.0. The lowest BCUT2D eigenvalue weighted by atomic mass is 9.99. The number of hydrogen-bond acceptors (Lipinski definition) is 5. The number of benzene rings is 2. The molecule has 0 saturated heterocycles. The fourth-order valence-electron chi connectivity index (χ4n) is 3.32. The minimum Gasteiger partial charge on any atom is -0.461 e. The second-order valence-electron chi connectivity index (χ2n) is 9.70. The molecule has 1 aliphatic carbocycles. The van der Waals surface area contributed by atoms with Crippen LogP contribution in [0, 0.1) is 28.5 Å². The molecule has 0 bridgehead atoms. The van der Waals surface area contributed by atoms with Gasteiger partial charge < -0.3 is 14.3 Å². The fourth-order valence-corrected chi connectivity index (χ4v) is 3.32. The van der Waals surface area contributed by atoms with Gasteiger partial charge in [-0.05, 0) is 40.7 Å². The lowest BCUT2D eigenvalue weighted by Crippen LogP contribution is -2.12. The van der Waals surface area contributed by atoms with Crippen LogP contribution in [-0.2, 0) is 21.0 Å². The Kier molecular flexibility index (Phi) is 6.68. The number of nitrogens with zero attached hydrogens (tertiary/aromatic N) is 1. The zero-order chi connectivity index (χ0) is 22.6. The third-order valence-electron chi connectivity index (χ3n) is 5.31. The predicted molar refractivity (Wildman–Crippen MR) is 117 cm³/mol. The maximum absolute atomic E-state index is 14.1. The molecule has 2 unspecified atom stereocenters. The van der Waals surface area contributed by atoms with E-state index < -0.39 is 5.82 Å². The molecule has 166 valence electrons. The minimum atomic E-state index is -0.478. The third kappa shape index (κ3) is 6.06. The van der Waals surface area contributed by atoms with Gasteiger partial charge in [0.1, 0.15) is 19.0 Å². The standard InChI is InChI=1S/C25H30FNO4/c1-24(2,3)16-30-27-14-19-22(25(19,4)5)23(28)29-15-17-11-12-20(26)21(13-17)31-18-9-7-6-8-10-18/h6-14,19,22H,15-16H2,1-5H3. The van der Waals surface area contributed by atoms with Crippen LogP contribution < -0.4 is 4.74 Å². The van der Waals surface area contributed by atoms with Gasteiger partial charge in [0.25, 0.3) is 0 Å². The van der Waals surface area contributed by atoms with Crippen molar-refractivity contribution in [1.29, 1.82) is 0 Å². The average Bonchev–Trinajstić information content (AvgIpc) is 3.26. The molecule has 2 aromatic carbocycles. The smallest absolute Gasteiger partial charge is 0.310 e. The Balaban J connectivity index is 1.55. The van der Waals surface area contributed by atoms with E-state index >= 15 is 0 Å². The van der Waals surface area contributed by atoms with Gasteiger partial charge >= 0.3 is 5.97 Å². The molecule has 0 spiro atoms. The molecule has 1 saturated carbocycles. The topological polar surface area (TPSA) is 57.1 Å². The van der Waals surface area contributed by atoms with Gasteiger partial charge in [0.2, 0.25) is 0 Å². The summed E-state index contributed by atoms with van der Waals surface area (Å²) in [5.41, 5.74) is 0.432. The molecule has 5 nitrogen and oxygen atoms in total. The third-order valence-corrected chi connectivity index (χ3v) is 5.31. The second-order valence-corrected chi connectivity index (χ2v) is 9.70. The average molecular weight is 428 g/mol. The van der Waals surface area contributed by atoms with E-state index in [9.17, 15) is 9.18 Å². The van der Waals surface area contributed by atoms with Crippen LogP contribution in [0.15, 0.2) is 53.7 Å². The van der Waals surface area contributed by atoms with Gasteiger partial charge in [-0.1, -0.05) is 64.0 Å². The van der Waals surface area contributed by atoms with Crippen LogP contribution >= 0.6 is 0 Å². The van der Waals surface area contributed by atoms with Crippen molar-refractivity contribution in [3.8, 4) is 11.5 Å². The van der Waals surface area contributed by atoms with Crippen LogP contribution in [0.3, 0.4) is 0 Å². The number of carbonyl (C=O) groups excluding carboxylic acids is 1. The highest BCUT2D eigenvalue weighted by molar-refractivity contribution is 5.85. The maximum atomic E-state index is 14.1. The van der Waals surface area contributed by atoms with Gasteiger partial charge in [-0.2, -0.15) is 0 Å². The predicted octanol–water partition coefficient (Wildman–Crippen LogP) is 5.98. The number of para-hydroxylation sites is 1. The Morgan fingerprint density at radius 2 is 1.87 bits per heavy atom. The summed E-state index contributed by atoms with van der Waals surface area (Å²) in [7, 11) is 0. The Hall–Kier alpha value is -2.89. The molecule has 0 aromatic heterocycles. The van der Waals surface area contributed by atoms with Crippen LogP contribution in [0.1, 0.15) is 40.2 Å². The Morgan fingerprint density at radius 3 is 2.55 bits per heavy atom. The van der Waals surface area contributed by atoms with Gasteiger partial charge in [0.05, 0.1) is 5.92 Å². The number of hydrogen-bond donors (Lipinski definition) is 0. The number of oxime groups is 1. The van der Waals surface area contributed by atoms with Crippen LogP contribution in [-0.4, -0.2) is 18.8 Å². The van der Waals surface area contributed by atoms with E-state index in [4.69, 9.17) is 14.3 Å². The number of ether oxygens (including phenoxy) is 2. The van der Waals surface area contributed by atoms with Crippen LogP contribution in [0.2, 0.25) is 0 Å². The SMILES string of the molecule is CC(C)(C)CON=CC1C(C(=O)OCc2ccc(F)c(Oc3ccccc3)c2)C1(C)C. The summed E-state index contributed by atoms with van der Waals surface area (Å²) >= 11 is 0. The molecule has 2 aromatic rings. The summed E-state index contributed by atoms with van der Waals surface area (Å²) in [5.74, 6) is -0.473. The Bertz CT molecular complexity index is 934. The molecule has 0 radical (unpaired) electrons. The summed E-state index contributed by atoms with van der Waals surface area (Å²) in [6.45, 7) is 10.7. The second kappa shape index (κ2) is 9.08. The Morgan fingerprint density at radius 1 is 1.16 bits per heavy atom. The van der Waals surface area contributed by atoms with Gasteiger partial charge in [-0.25, -0.2) is 4.39 Å². The van der Waals surface area contributed by atoms with Gasteiger partial charge in [0, 0.05) is 12.1 Å². The highest BCUT2D eigenvalue weighted by atomic mass is 19.1. The quantitative estimate of drug-likeness (QED) is 0.295. The highest BCUT2D eigenvalue weighted by Crippen LogP contribution is 2.57. The molecule has 0 N–H and O–H groups in total. The summed E-state index contributed by atoms with van der Waals surface area (Å²) in [6.07, 6.45) is 1.70. The zero-order valence-corrected chi connectivity index (χ0v) is 18.7. The molecule has 1 fully saturated rings. The molecule has 2 atom stereocenters. The molecule has 0 heterocycles. The maximum Gasteiger partial charge on any atom is 0.310 e. The number of carbonyl (C=O) groups is 1. The van der Waals surface area contributed by atoms with E-state index in [1.54, 1.807) is 30.5 Å². The number of halogens is 1. The first-order chi connectivity index (χ1) is 14.6. The van der Waals surface area contributed by atoms with Gasteiger partial charge in [0.15, 0.2) is 11.6 Å². The van der Waals surface area contributed by atoms with Crippen LogP contribution in [0.25, 0.3) is 0 Å². The largest absolute Gasteiger partial charge is 0.461 e. The van der Waals surface area contributed by atoms with E-state index in [-0.39, 0.29) is 41.0 Å². The summed E-state index contributed by atoms with van der Waals surface area (Å²) < 4.78 is 25.2. The fraction of sp³-hybridized carbons (Fsp3) is 0.440. The van der Waals surface area contributed by atoms with Crippen LogP contribution in [0.4, 0.5) is 4.39 Å². The molecule has 3 rings (SSSR count). The Labute approximate surface area is 183 Å². The molecule has 6 heteroatoms. The number of rotatable bonds is 8. The lowest BCUT2D eigenvalue weighted by molar-refractivity contribution is -0.147. The van der Waals surface area contributed by atoms with Crippen molar-refractivity contribution in [2.45, 2.75) is 41.2 Å². The molecule has 31 heavy (non-hydrogen) atoms. The first kappa shape index (κ1) is 22.8. The van der Waals surface area contributed by atoms with Crippen molar-refractivity contribution in [3.05, 3.63) is 59.9 Å². The van der Waals surface area contributed by atoms with Crippen molar-refractivity contribution in [2.75, 3.05) is 6.61 Å². The highest BCUT2D eigenvalue weighted by Gasteiger charge is 2.62. The van der Waals surface area contributed by atoms with Crippen molar-refractivity contribution in [3.63, 3.8) is 0 Å². The normalized spacial score (nSPS) is 19.8. The van der Waals surface area contributed by atoms with E-state index in [0.717, 1.165) is 0 Å². The molecule has 1 aliphatic rings. The van der Waals surface area contributed by atoms with Crippen molar-refractivity contribution >= 4 is 12.2 Å². The first-order valence-corrected chi connectivity index (χ1v) is 10.4. The van der Waals surface area contributed by atoms with Crippen LogP contribution in [0.5, 0.6) is 11.5 Å². The molecular formula is C25H30FNO4. The van der Waals surface area contributed by atoms with Crippen molar-refractivity contribution in [2.24, 2.45) is 27.8 Å². The minimum absolute atomic E-state index is 0.0208. The molecule has 0 aliphatic heterocycles. The van der Waals surface area contributed by atoms with Gasteiger partial charge in [-0.15, -0.1) is 0 Å². The van der Waals surface area contributed by atoms with E-state index in [1.165, 1.54) is 6.07 Å². The first-order valence-electron chi connectivity index (χ1n) is 10.4. The molecular weight excluding hydrogens is 397 g/mol. The van der Waals surface area contributed by atoms with Gasteiger partial charge in [-0.3, -0.25) is 4.79 Å².